The Morgan fingerprint density at radius 2 is 1.65 bits per heavy atom. The van der Waals surface area contributed by atoms with Gasteiger partial charge in [0.1, 0.15) is 0 Å². The Labute approximate surface area is 135 Å². The van der Waals surface area contributed by atoms with E-state index in [9.17, 15) is 0 Å². The molecule has 0 saturated carbocycles. The molecule has 2 aromatic carbocycles. The van der Waals surface area contributed by atoms with Gasteiger partial charge in [-0.3, -0.25) is 4.98 Å². The number of fused-ring (bicyclic) bond motifs is 5. The van der Waals surface area contributed by atoms with E-state index in [0.717, 1.165) is 11.9 Å². The summed E-state index contributed by atoms with van der Waals surface area (Å²) in [4.78, 5) is 8.21. The molecule has 1 aliphatic carbocycles. The predicted molar refractivity (Wildman–Crippen MR) is 95.7 cm³/mol. The van der Waals surface area contributed by atoms with Crippen molar-refractivity contribution < 1.29 is 0 Å². The maximum absolute atomic E-state index is 4.48. The van der Waals surface area contributed by atoms with E-state index in [4.69, 9.17) is 0 Å². The molecule has 0 spiro atoms. The number of aryl methyl sites for hydroxylation is 1. The third-order valence-electron chi connectivity index (χ3n) is 5.07. The van der Waals surface area contributed by atoms with Crippen LogP contribution in [-0.2, 0) is 12.8 Å². The predicted octanol–water partition coefficient (Wildman–Crippen LogP) is 5.26. The molecule has 2 nitrogen and oxygen atoms in total. The summed E-state index contributed by atoms with van der Waals surface area (Å²) in [5.74, 6) is 0. The van der Waals surface area contributed by atoms with Crippen LogP contribution in [-0.4, -0.2) is 9.97 Å². The molecule has 23 heavy (non-hydrogen) atoms. The van der Waals surface area contributed by atoms with Gasteiger partial charge in [-0.25, -0.2) is 0 Å². The molecule has 1 N–H and O–H groups in total. The third-order valence-corrected chi connectivity index (χ3v) is 5.07. The van der Waals surface area contributed by atoms with Crippen LogP contribution in [0.2, 0.25) is 0 Å². The van der Waals surface area contributed by atoms with Crippen molar-refractivity contribution in [3.63, 3.8) is 0 Å². The van der Waals surface area contributed by atoms with E-state index in [-0.39, 0.29) is 0 Å². The van der Waals surface area contributed by atoms with Crippen LogP contribution in [0.3, 0.4) is 0 Å². The van der Waals surface area contributed by atoms with E-state index >= 15 is 0 Å². The molecule has 0 unspecified atom stereocenters. The molecular formula is C21H18N2. The van der Waals surface area contributed by atoms with Gasteiger partial charge in [-0.1, -0.05) is 30.3 Å². The smallest absolute Gasteiger partial charge is 0.0710 e. The minimum absolute atomic E-state index is 1.10. The van der Waals surface area contributed by atoms with E-state index in [2.05, 4.69) is 58.5 Å². The highest BCUT2D eigenvalue weighted by Gasteiger charge is 2.19. The number of aromatic nitrogens is 2. The second kappa shape index (κ2) is 4.95. The maximum atomic E-state index is 4.48. The Balaban J connectivity index is 1.92. The molecule has 0 amide bonds. The van der Waals surface area contributed by atoms with Crippen LogP contribution in [0.4, 0.5) is 0 Å². The van der Waals surface area contributed by atoms with Crippen molar-refractivity contribution in [1.82, 2.24) is 9.97 Å². The lowest BCUT2D eigenvalue weighted by Gasteiger charge is -2.22. The van der Waals surface area contributed by atoms with Crippen LogP contribution >= 0.6 is 0 Å². The number of nitrogens with zero attached hydrogens (tertiary/aromatic N) is 1. The van der Waals surface area contributed by atoms with Gasteiger partial charge in [-0.2, -0.15) is 0 Å². The summed E-state index contributed by atoms with van der Waals surface area (Å²) >= 11 is 0. The lowest BCUT2D eigenvalue weighted by Crippen LogP contribution is -2.07. The lowest BCUT2D eigenvalue weighted by molar-refractivity contribution is 0.689. The van der Waals surface area contributed by atoms with E-state index < -0.39 is 0 Å². The molecule has 5 rings (SSSR count). The summed E-state index contributed by atoms with van der Waals surface area (Å²) in [6.45, 7) is 0. The maximum Gasteiger partial charge on any atom is 0.0710 e. The average Bonchev–Trinajstić information content (AvgIpc) is 3.10. The van der Waals surface area contributed by atoms with Gasteiger partial charge in [-0.15, -0.1) is 0 Å². The quantitative estimate of drug-likeness (QED) is 0.510. The van der Waals surface area contributed by atoms with Gasteiger partial charge in [0.15, 0.2) is 0 Å². The molecule has 0 radical (unpaired) electrons. The zero-order valence-electron chi connectivity index (χ0n) is 13.0. The molecule has 2 heteroatoms. The SMILES string of the molecule is c1ccc(-c2[nH]c3ccc4nccc4c3c3c2CCCC3)cc1. The van der Waals surface area contributed by atoms with Crippen LogP contribution in [0.5, 0.6) is 0 Å². The van der Waals surface area contributed by atoms with Crippen molar-refractivity contribution in [2.45, 2.75) is 25.7 Å². The zero-order chi connectivity index (χ0) is 15.2. The Bertz CT molecular complexity index is 1010. The number of H-pyrrole nitrogens is 1. The summed E-state index contributed by atoms with van der Waals surface area (Å²) in [5.41, 5.74) is 7.95. The van der Waals surface area contributed by atoms with Gasteiger partial charge in [0, 0.05) is 28.2 Å². The molecular weight excluding hydrogens is 280 g/mol. The Morgan fingerprint density at radius 1 is 0.826 bits per heavy atom. The van der Waals surface area contributed by atoms with Crippen LogP contribution in [0, 0.1) is 0 Å². The fourth-order valence-corrected chi connectivity index (χ4v) is 4.03. The molecule has 0 atom stereocenters. The summed E-state index contributed by atoms with van der Waals surface area (Å²) in [7, 11) is 0. The first kappa shape index (κ1) is 12.9. The average molecular weight is 298 g/mol. The summed E-state index contributed by atoms with van der Waals surface area (Å²) in [6, 6.07) is 17.2. The van der Waals surface area contributed by atoms with E-state index in [0.29, 0.717) is 0 Å². The molecule has 1 aliphatic rings. The van der Waals surface area contributed by atoms with Crippen LogP contribution in [0.15, 0.2) is 54.7 Å². The van der Waals surface area contributed by atoms with Gasteiger partial charge < -0.3 is 4.98 Å². The summed E-state index contributed by atoms with van der Waals surface area (Å²) < 4.78 is 0. The van der Waals surface area contributed by atoms with Gasteiger partial charge in [0.25, 0.3) is 0 Å². The van der Waals surface area contributed by atoms with Gasteiger partial charge in [0.2, 0.25) is 0 Å². The van der Waals surface area contributed by atoms with Crippen LogP contribution in [0.1, 0.15) is 24.0 Å². The largest absolute Gasteiger partial charge is 0.354 e. The van der Waals surface area contributed by atoms with E-state index in [1.165, 1.54) is 57.9 Å². The minimum Gasteiger partial charge on any atom is -0.354 e. The molecule has 0 bridgehead atoms. The normalized spacial score (nSPS) is 14.3. The number of pyridine rings is 1. The first-order valence-corrected chi connectivity index (χ1v) is 8.38. The number of hydrogen-bond donors (Lipinski definition) is 1. The topological polar surface area (TPSA) is 28.7 Å². The van der Waals surface area contributed by atoms with Crippen molar-refractivity contribution in [2.24, 2.45) is 0 Å². The monoisotopic (exact) mass is 298 g/mol. The summed E-state index contributed by atoms with van der Waals surface area (Å²) in [5, 5.41) is 2.67. The van der Waals surface area contributed by atoms with E-state index in [1.807, 2.05) is 6.20 Å². The second-order valence-electron chi connectivity index (χ2n) is 6.40. The third kappa shape index (κ3) is 1.91. The number of rotatable bonds is 1. The molecule has 112 valence electrons. The van der Waals surface area contributed by atoms with Gasteiger partial charge in [-0.05, 0) is 60.6 Å². The Kier molecular flexibility index (Phi) is 2.77. The number of benzene rings is 2. The number of nitrogens with one attached hydrogen (secondary N) is 1. The van der Waals surface area contributed by atoms with Crippen LogP contribution in [0.25, 0.3) is 33.1 Å². The van der Waals surface area contributed by atoms with Crippen molar-refractivity contribution in [1.29, 1.82) is 0 Å². The minimum atomic E-state index is 1.10. The molecule has 2 aromatic heterocycles. The van der Waals surface area contributed by atoms with E-state index in [1.54, 1.807) is 0 Å². The Hall–Kier alpha value is -2.61. The molecule has 4 aromatic rings. The Morgan fingerprint density at radius 3 is 2.52 bits per heavy atom. The lowest BCUT2D eigenvalue weighted by atomic mass is 9.85. The fourth-order valence-electron chi connectivity index (χ4n) is 4.03. The molecule has 0 fully saturated rings. The van der Waals surface area contributed by atoms with Gasteiger partial charge in [0.05, 0.1) is 5.52 Å². The van der Waals surface area contributed by atoms with Crippen molar-refractivity contribution in [2.75, 3.05) is 0 Å². The molecule has 0 saturated heterocycles. The fraction of sp³-hybridized carbons (Fsp3) is 0.190. The number of aromatic amines is 1. The second-order valence-corrected chi connectivity index (χ2v) is 6.40. The molecule has 2 heterocycles. The highest BCUT2D eigenvalue weighted by molar-refractivity contribution is 6.08. The van der Waals surface area contributed by atoms with Crippen LogP contribution < -0.4 is 0 Å². The van der Waals surface area contributed by atoms with Crippen molar-refractivity contribution >= 4 is 21.8 Å². The number of hydrogen-bond acceptors (Lipinski definition) is 1. The van der Waals surface area contributed by atoms with Crippen molar-refractivity contribution in [3.05, 3.63) is 65.9 Å². The first-order chi connectivity index (χ1) is 11.4. The highest BCUT2D eigenvalue weighted by Crippen LogP contribution is 2.37. The summed E-state index contributed by atoms with van der Waals surface area (Å²) in [6.07, 6.45) is 6.82. The molecule has 0 aliphatic heterocycles. The standard InChI is InChI=1S/C21H18N2/c1-2-6-14(7-3-1)21-16-9-5-4-8-15(16)20-17-12-13-22-18(17)10-11-19(20)23-21/h1-3,6-7,10-13,23H,4-5,8-9H2. The van der Waals surface area contributed by atoms with Crippen molar-refractivity contribution in [3.8, 4) is 11.3 Å². The highest BCUT2D eigenvalue weighted by atomic mass is 14.7. The zero-order valence-corrected chi connectivity index (χ0v) is 13.0. The van der Waals surface area contributed by atoms with Gasteiger partial charge >= 0.3 is 0 Å². The first-order valence-electron chi connectivity index (χ1n) is 8.38.